The van der Waals surface area contributed by atoms with Gasteiger partial charge in [-0.3, -0.25) is 9.80 Å². The van der Waals surface area contributed by atoms with E-state index in [1.807, 2.05) is 30.3 Å². The first-order chi connectivity index (χ1) is 15.7. The molecule has 1 unspecified atom stereocenters. The Balaban J connectivity index is 1.23. The maximum absolute atomic E-state index is 10.6. The van der Waals surface area contributed by atoms with Crippen molar-refractivity contribution in [1.29, 1.82) is 0 Å². The predicted molar refractivity (Wildman–Crippen MR) is 126 cm³/mol. The van der Waals surface area contributed by atoms with Crippen LogP contribution in [-0.4, -0.2) is 84.6 Å². The van der Waals surface area contributed by atoms with E-state index in [1.165, 1.54) is 0 Å². The molecular formula is C25H30N4O3. The molecule has 1 aromatic heterocycles. The minimum absolute atomic E-state index is 0.258. The Hall–Kier alpha value is -2.71. The van der Waals surface area contributed by atoms with E-state index in [9.17, 15) is 5.11 Å². The number of nitrogens with zero attached hydrogens (tertiary/aromatic N) is 3. The number of ether oxygens (including phenoxy) is 2. The van der Waals surface area contributed by atoms with Gasteiger partial charge in [0.1, 0.15) is 24.3 Å². The van der Waals surface area contributed by atoms with Crippen molar-refractivity contribution in [1.82, 2.24) is 14.8 Å². The Morgan fingerprint density at radius 2 is 1.91 bits per heavy atom. The number of rotatable bonds is 7. The zero-order valence-electron chi connectivity index (χ0n) is 18.2. The number of aliphatic hydroxyl groups is 1. The highest BCUT2D eigenvalue weighted by molar-refractivity contribution is 5.97. The van der Waals surface area contributed by atoms with Crippen molar-refractivity contribution in [2.24, 2.45) is 0 Å². The highest BCUT2D eigenvalue weighted by atomic mass is 16.5. The van der Waals surface area contributed by atoms with Crippen LogP contribution < -0.4 is 10.5 Å². The van der Waals surface area contributed by atoms with E-state index in [1.54, 1.807) is 12.3 Å². The van der Waals surface area contributed by atoms with E-state index in [-0.39, 0.29) is 6.61 Å². The quantitative estimate of drug-likeness (QED) is 0.590. The molecule has 0 saturated carbocycles. The van der Waals surface area contributed by atoms with Gasteiger partial charge in [0.25, 0.3) is 0 Å². The number of nitrogen functional groups attached to an aromatic ring is 1. The largest absolute Gasteiger partial charge is 0.491 e. The third kappa shape index (κ3) is 4.71. The average molecular weight is 435 g/mol. The fourth-order valence-electron chi connectivity index (χ4n) is 4.46. The third-order valence-electron chi connectivity index (χ3n) is 6.39. The number of anilines is 1. The van der Waals surface area contributed by atoms with Gasteiger partial charge in [0.2, 0.25) is 0 Å². The van der Waals surface area contributed by atoms with Gasteiger partial charge in [-0.25, -0.2) is 4.98 Å². The van der Waals surface area contributed by atoms with E-state index in [4.69, 9.17) is 15.2 Å². The maximum atomic E-state index is 10.6. The van der Waals surface area contributed by atoms with Crippen LogP contribution >= 0.6 is 0 Å². The van der Waals surface area contributed by atoms with Crippen molar-refractivity contribution in [2.75, 3.05) is 58.3 Å². The van der Waals surface area contributed by atoms with Crippen molar-refractivity contribution >= 4 is 16.6 Å². The number of piperazine rings is 1. The molecule has 2 saturated heterocycles. The number of nitrogens with two attached hydrogens (primary N) is 1. The Labute approximate surface area is 188 Å². The van der Waals surface area contributed by atoms with E-state index < -0.39 is 6.10 Å². The van der Waals surface area contributed by atoms with Crippen molar-refractivity contribution < 1.29 is 14.6 Å². The van der Waals surface area contributed by atoms with E-state index in [2.05, 4.69) is 26.9 Å². The number of β-amino-alcohol motifs (C(OH)–C–C–N with tert-alkyl or cyclic N) is 1. The van der Waals surface area contributed by atoms with Crippen LogP contribution in [0.1, 0.15) is 0 Å². The number of hydrogen-bond acceptors (Lipinski definition) is 7. The van der Waals surface area contributed by atoms with Gasteiger partial charge >= 0.3 is 0 Å². The normalized spacial score (nSPS) is 19.0. The van der Waals surface area contributed by atoms with Crippen LogP contribution in [0.2, 0.25) is 0 Å². The van der Waals surface area contributed by atoms with Gasteiger partial charge in [0, 0.05) is 44.5 Å². The molecule has 2 aliphatic rings. The zero-order valence-corrected chi connectivity index (χ0v) is 18.2. The molecule has 1 atom stereocenters. The minimum atomic E-state index is -0.540. The van der Waals surface area contributed by atoms with Gasteiger partial charge in [-0.2, -0.15) is 0 Å². The van der Waals surface area contributed by atoms with Gasteiger partial charge in [-0.15, -0.1) is 0 Å². The van der Waals surface area contributed by atoms with Gasteiger partial charge < -0.3 is 20.3 Å². The molecule has 0 amide bonds. The van der Waals surface area contributed by atoms with Gasteiger partial charge in [-0.1, -0.05) is 24.3 Å². The number of aromatic nitrogens is 1. The SMILES string of the molecule is Nc1ccc(-c2cc(OCC(O)CN3CCN(C4COC4)CC3)cc3ccccc23)cn1. The number of benzene rings is 2. The first-order valence-corrected chi connectivity index (χ1v) is 11.3. The highest BCUT2D eigenvalue weighted by Crippen LogP contribution is 2.33. The Morgan fingerprint density at radius 3 is 2.62 bits per heavy atom. The maximum Gasteiger partial charge on any atom is 0.123 e. The summed E-state index contributed by atoms with van der Waals surface area (Å²) in [4.78, 5) is 9.04. The second-order valence-corrected chi connectivity index (χ2v) is 8.66. The number of pyridine rings is 1. The minimum Gasteiger partial charge on any atom is -0.491 e. The first-order valence-electron chi connectivity index (χ1n) is 11.3. The second-order valence-electron chi connectivity index (χ2n) is 8.66. The Bertz CT molecular complexity index is 1050. The summed E-state index contributed by atoms with van der Waals surface area (Å²) in [5.41, 5.74) is 7.78. The van der Waals surface area contributed by atoms with E-state index in [0.29, 0.717) is 18.4 Å². The monoisotopic (exact) mass is 434 g/mol. The molecule has 168 valence electrons. The Morgan fingerprint density at radius 1 is 1.09 bits per heavy atom. The molecule has 0 spiro atoms. The van der Waals surface area contributed by atoms with Gasteiger partial charge in [0.05, 0.1) is 19.3 Å². The van der Waals surface area contributed by atoms with Crippen molar-refractivity contribution in [3.63, 3.8) is 0 Å². The van der Waals surface area contributed by atoms with Crippen LogP contribution in [0.15, 0.2) is 54.7 Å². The molecule has 3 N–H and O–H groups in total. The summed E-state index contributed by atoms with van der Waals surface area (Å²) in [6.45, 7) is 6.60. The van der Waals surface area contributed by atoms with Crippen LogP contribution in [0, 0.1) is 0 Å². The third-order valence-corrected chi connectivity index (χ3v) is 6.39. The highest BCUT2D eigenvalue weighted by Gasteiger charge is 2.29. The summed E-state index contributed by atoms with van der Waals surface area (Å²) < 4.78 is 11.3. The molecule has 7 nitrogen and oxygen atoms in total. The molecule has 2 aliphatic heterocycles. The molecule has 7 heteroatoms. The molecule has 0 bridgehead atoms. The molecule has 2 aromatic carbocycles. The molecule has 0 aliphatic carbocycles. The summed E-state index contributed by atoms with van der Waals surface area (Å²) in [6, 6.07) is 16.6. The summed E-state index contributed by atoms with van der Waals surface area (Å²) in [5, 5.41) is 12.8. The van der Waals surface area contributed by atoms with Crippen molar-refractivity contribution in [2.45, 2.75) is 12.1 Å². The van der Waals surface area contributed by atoms with Crippen LogP contribution in [0.4, 0.5) is 5.82 Å². The first kappa shape index (κ1) is 21.2. The molecule has 3 heterocycles. The smallest absolute Gasteiger partial charge is 0.123 e. The average Bonchev–Trinajstić information content (AvgIpc) is 2.78. The fraction of sp³-hybridized carbons (Fsp3) is 0.400. The summed E-state index contributed by atoms with van der Waals surface area (Å²) in [7, 11) is 0. The Kier molecular flexibility index (Phi) is 6.23. The lowest BCUT2D eigenvalue weighted by Gasteiger charge is -2.42. The topological polar surface area (TPSA) is 84.1 Å². The lowest BCUT2D eigenvalue weighted by molar-refractivity contribution is -0.0793. The molecule has 32 heavy (non-hydrogen) atoms. The molecule has 2 fully saturated rings. The molecule has 0 radical (unpaired) electrons. The predicted octanol–water partition coefficient (Wildman–Crippen LogP) is 2.24. The second kappa shape index (κ2) is 9.42. The number of aliphatic hydroxyl groups excluding tert-OH is 1. The summed E-state index contributed by atoms with van der Waals surface area (Å²) in [5.74, 6) is 1.24. The van der Waals surface area contributed by atoms with Crippen LogP contribution in [0.25, 0.3) is 21.9 Å². The van der Waals surface area contributed by atoms with Gasteiger partial charge in [0.15, 0.2) is 0 Å². The number of hydrogen-bond donors (Lipinski definition) is 2. The molecular weight excluding hydrogens is 404 g/mol. The molecule has 3 aromatic rings. The summed E-state index contributed by atoms with van der Waals surface area (Å²) >= 11 is 0. The molecule has 5 rings (SSSR count). The fourth-order valence-corrected chi connectivity index (χ4v) is 4.46. The standard InChI is InChI=1S/C25H30N4O3/c26-25-6-5-19(13-27-25)24-12-22(11-18-3-1-2-4-23(18)24)32-17-21(30)14-28-7-9-29(10-8-28)20-15-31-16-20/h1-6,11-13,20-21,30H,7-10,14-17H2,(H2,26,27). The number of fused-ring (bicyclic) bond motifs is 1. The van der Waals surface area contributed by atoms with E-state index >= 15 is 0 Å². The van der Waals surface area contributed by atoms with Gasteiger partial charge in [-0.05, 0) is 40.6 Å². The van der Waals surface area contributed by atoms with Crippen LogP contribution in [0.5, 0.6) is 5.75 Å². The lowest BCUT2D eigenvalue weighted by atomic mass is 9.99. The zero-order chi connectivity index (χ0) is 21.9. The van der Waals surface area contributed by atoms with Crippen LogP contribution in [0.3, 0.4) is 0 Å². The lowest BCUT2D eigenvalue weighted by Crippen LogP contribution is -2.57. The van der Waals surface area contributed by atoms with Crippen molar-refractivity contribution in [3.05, 3.63) is 54.7 Å². The summed E-state index contributed by atoms with van der Waals surface area (Å²) in [6.07, 6.45) is 1.24. The van der Waals surface area contributed by atoms with Crippen molar-refractivity contribution in [3.8, 4) is 16.9 Å². The van der Waals surface area contributed by atoms with Crippen LogP contribution in [-0.2, 0) is 4.74 Å². The van der Waals surface area contributed by atoms with E-state index in [0.717, 1.165) is 67.0 Å².